The third kappa shape index (κ3) is 1.07. The Morgan fingerprint density at radius 2 is 2.00 bits per heavy atom. The smallest absolute Gasteiger partial charge is 0.187 e. The van der Waals surface area contributed by atoms with Gasteiger partial charge in [0.2, 0.25) is 0 Å². The molecule has 0 aliphatic heterocycles. The fraction of sp³-hybridized carbons (Fsp3) is 0.182. The predicted octanol–water partition coefficient (Wildman–Crippen LogP) is 2.22. The van der Waals surface area contributed by atoms with Crippen molar-refractivity contribution >= 4 is 10.8 Å². The molecule has 1 nitrogen and oxygen atoms in total. The molecule has 0 spiro atoms. The third-order valence-corrected chi connectivity index (χ3v) is 2.16. The van der Waals surface area contributed by atoms with Crippen LogP contribution >= 0.6 is 0 Å². The molecule has 2 rings (SSSR count). The summed E-state index contributed by atoms with van der Waals surface area (Å²) in [5, 5.41) is 2.65. The van der Waals surface area contributed by atoms with Crippen molar-refractivity contribution in [1.82, 2.24) is 0 Å². The maximum atomic E-state index is 3.26. The van der Waals surface area contributed by atoms with Gasteiger partial charge in [0, 0.05) is 17.9 Å². The highest BCUT2D eigenvalue weighted by Crippen LogP contribution is 2.13. The first-order valence-electron chi connectivity index (χ1n) is 4.30. The Hall–Kier alpha value is -1.37. The van der Waals surface area contributed by atoms with Crippen LogP contribution in [0.5, 0.6) is 0 Å². The number of hydrogen-bond acceptors (Lipinski definition) is 0. The van der Waals surface area contributed by atoms with Gasteiger partial charge in [0.1, 0.15) is 0 Å². The molecule has 1 aromatic heterocycles. The van der Waals surface area contributed by atoms with Crippen LogP contribution in [0.15, 0.2) is 36.5 Å². The standard InChI is InChI=1S/C11H11N/c1-2-11-10-6-4-3-5-9(10)7-8-12-11/h3-8H,2H2,1H3/p+1. The fourth-order valence-corrected chi connectivity index (χ4v) is 1.52. The van der Waals surface area contributed by atoms with E-state index in [2.05, 4.69) is 42.2 Å². The number of rotatable bonds is 1. The lowest BCUT2D eigenvalue weighted by Crippen LogP contribution is -2.08. The van der Waals surface area contributed by atoms with Crippen LogP contribution in [0.3, 0.4) is 0 Å². The average Bonchev–Trinajstić information content (AvgIpc) is 2.17. The van der Waals surface area contributed by atoms with Crippen molar-refractivity contribution in [2.45, 2.75) is 13.3 Å². The van der Waals surface area contributed by atoms with Crippen molar-refractivity contribution in [2.24, 2.45) is 0 Å². The molecule has 1 aromatic carbocycles. The lowest BCUT2D eigenvalue weighted by Gasteiger charge is -1.95. The highest BCUT2D eigenvalue weighted by atomic mass is 14.7. The van der Waals surface area contributed by atoms with Gasteiger partial charge in [0.15, 0.2) is 11.9 Å². The summed E-state index contributed by atoms with van der Waals surface area (Å²) in [6.07, 6.45) is 3.06. The highest BCUT2D eigenvalue weighted by molar-refractivity contribution is 5.83. The van der Waals surface area contributed by atoms with E-state index in [1.54, 1.807) is 0 Å². The van der Waals surface area contributed by atoms with E-state index in [1.165, 1.54) is 16.5 Å². The van der Waals surface area contributed by atoms with Crippen molar-refractivity contribution in [1.29, 1.82) is 0 Å². The number of fused-ring (bicyclic) bond motifs is 1. The van der Waals surface area contributed by atoms with Gasteiger partial charge in [0.25, 0.3) is 0 Å². The molecule has 60 valence electrons. The van der Waals surface area contributed by atoms with Gasteiger partial charge in [-0.2, -0.15) is 0 Å². The zero-order valence-electron chi connectivity index (χ0n) is 7.17. The van der Waals surface area contributed by atoms with Crippen LogP contribution in [0.4, 0.5) is 0 Å². The van der Waals surface area contributed by atoms with Crippen molar-refractivity contribution in [2.75, 3.05) is 0 Å². The number of benzene rings is 1. The van der Waals surface area contributed by atoms with Crippen LogP contribution in [0.25, 0.3) is 10.8 Å². The average molecular weight is 158 g/mol. The molecule has 0 aliphatic carbocycles. The SMILES string of the molecule is CCc1[nH+]ccc2ccccc12. The van der Waals surface area contributed by atoms with Gasteiger partial charge in [-0.15, -0.1) is 0 Å². The second kappa shape index (κ2) is 2.94. The number of pyridine rings is 1. The summed E-state index contributed by atoms with van der Waals surface area (Å²) < 4.78 is 0. The summed E-state index contributed by atoms with van der Waals surface area (Å²) >= 11 is 0. The lowest BCUT2D eigenvalue weighted by atomic mass is 10.1. The van der Waals surface area contributed by atoms with Crippen LogP contribution in [-0.4, -0.2) is 0 Å². The number of nitrogens with one attached hydrogen (secondary N) is 1. The molecule has 0 aliphatic rings. The Balaban J connectivity index is 2.79. The molecule has 0 amide bonds. The minimum Gasteiger partial charge on any atom is -0.215 e. The van der Waals surface area contributed by atoms with Gasteiger partial charge < -0.3 is 0 Å². The first-order valence-corrected chi connectivity index (χ1v) is 4.30. The molecular formula is C11H12N+. The van der Waals surface area contributed by atoms with Gasteiger partial charge in [-0.25, -0.2) is 4.98 Å². The number of H-pyrrole nitrogens is 1. The number of aromatic amines is 1. The predicted molar refractivity (Wildman–Crippen MR) is 49.9 cm³/mol. The van der Waals surface area contributed by atoms with Gasteiger partial charge in [-0.05, 0) is 11.5 Å². The van der Waals surface area contributed by atoms with Crippen molar-refractivity contribution in [3.63, 3.8) is 0 Å². The van der Waals surface area contributed by atoms with E-state index < -0.39 is 0 Å². The highest BCUT2D eigenvalue weighted by Gasteiger charge is 2.02. The normalized spacial score (nSPS) is 10.4. The van der Waals surface area contributed by atoms with Crippen molar-refractivity contribution in [3.05, 3.63) is 42.2 Å². The molecule has 0 bridgehead atoms. The van der Waals surface area contributed by atoms with Gasteiger partial charge >= 0.3 is 0 Å². The molecule has 0 fully saturated rings. The second-order valence-electron chi connectivity index (χ2n) is 2.90. The van der Waals surface area contributed by atoms with E-state index in [-0.39, 0.29) is 0 Å². The Labute approximate surface area is 72.1 Å². The van der Waals surface area contributed by atoms with E-state index in [1.807, 2.05) is 6.20 Å². The van der Waals surface area contributed by atoms with Gasteiger partial charge in [-0.1, -0.05) is 25.1 Å². The van der Waals surface area contributed by atoms with E-state index in [0.29, 0.717) is 0 Å². The summed E-state index contributed by atoms with van der Waals surface area (Å²) in [5.41, 5.74) is 1.31. The monoisotopic (exact) mass is 158 g/mol. The molecule has 1 heteroatoms. The zero-order valence-corrected chi connectivity index (χ0v) is 7.17. The number of aromatic nitrogens is 1. The summed E-state index contributed by atoms with van der Waals surface area (Å²) in [7, 11) is 0. The van der Waals surface area contributed by atoms with Gasteiger partial charge in [0.05, 0.1) is 0 Å². The molecule has 0 radical (unpaired) electrons. The Kier molecular flexibility index (Phi) is 1.78. The van der Waals surface area contributed by atoms with E-state index in [9.17, 15) is 0 Å². The molecule has 1 N–H and O–H groups in total. The van der Waals surface area contributed by atoms with Crippen molar-refractivity contribution < 1.29 is 4.98 Å². The maximum absolute atomic E-state index is 3.26. The third-order valence-electron chi connectivity index (χ3n) is 2.16. The summed E-state index contributed by atoms with van der Waals surface area (Å²) in [6.45, 7) is 2.16. The Morgan fingerprint density at radius 1 is 1.17 bits per heavy atom. The van der Waals surface area contributed by atoms with Crippen LogP contribution in [0, 0.1) is 0 Å². The van der Waals surface area contributed by atoms with Crippen LogP contribution in [0.1, 0.15) is 12.6 Å². The second-order valence-corrected chi connectivity index (χ2v) is 2.90. The lowest BCUT2D eigenvalue weighted by molar-refractivity contribution is -0.387. The first kappa shape index (κ1) is 7.29. The van der Waals surface area contributed by atoms with Crippen LogP contribution < -0.4 is 4.98 Å². The largest absolute Gasteiger partial charge is 0.215 e. The van der Waals surface area contributed by atoms with Crippen LogP contribution in [0.2, 0.25) is 0 Å². The number of hydrogen-bond donors (Lipinski definition) is 0. The summed E-state index contributed by atoms with van der Waals surface area (Å²) in [4.78, 5) is 3.26. The number of aryl methyl sites for hydroxylation is 1. The van der Waals surface area contributed by atoms with Crippen LogP contribution in [-0.2, 0) is 6.42 Å². The minimum absolute atomic E-state index is 1.06. The van der Waals surface area contributed by atoms with E-state index >= 15 is 0 Å². The van der Waals surface area contributed by atoms with E-state index in [4.69, 9.17) is 0 Å². The quantitative estimate of drug-likeness (QED) is 0.604. The summed E-state index contributed by atoms with van der Waals surface area (Å²) in [5.74, 6) is 0. The topological polar surface area (TPSA) is 14.1 Å². The molecule has 0 saturated carbocycles. The van der Waals surface area contributed by atoms with E-state index in [0.717, 1.165) is 6.42 Å². The molecular weight excluding hydrogens is 146 g/mol. The molecule has 0 unspecified atom stereocenters. The zero-order chi connectivity index (χ0) is 8.39. The molecule has 2 aromatic rings. The fourth-order valence-electron chi connectivity index (χ4n) is 1.52. The Morgan fingerprint density at radius 3 is 2.83 bits per heavy atom. The molecule has 12 heavy (non-hydrogen) atoms. The molecule has 1 heterocycles. The molecule has 0 atom stereocenters. The van der Waals surface area contributed by atoms with Gasteiger partial charge in [-0.3, -0.25) is 0 Å². The maximum Gasteiger partial charge on any atom is 0.187 e. The minimum atomic E-state index is 1.06. The van der Waals surface area contributed by atoms with Crippen molar-refractivity contribution in [3.8, 4) is 0 Å². The Bertz CT molecular complexity index is 388. The first-order chi connectivity index (χ1) is 5.92. The molecule has 0 saturated heterocycles. The summed E-state index contributed by atoms with van der Waals surface area (Å²) in [6, 6.07) is 10.6.